The Morgan fingerprint density at radius 1 is 1.54 bits per heavy atom. The van der Waals surface area contributed by atoms with Crippen LogP contribution in [-0.4, -0.2) is 13.8 Å². The summed E-state index contributed by atoms with van der Waals surface area (Å²) in [5.74, 6) is 0. The van der Waals surface area contributed by atoms with Gasteiger partial charge < -0.3 is 10.1 Å². The van der Waals surface area contributed by atoms with Crippen LogP contribution in [0.2, 0.25) is 0 Å². The normalized spacial score (nSPS) is 9.31. The van der Waals surface area contributed by atoms with Crippen LogP contribution >= 0.6 is 0 Å². The van der Waals surface area contributed by atoms with Crippen LogP contribution < -0.4 is 5.32 Å². The summed E-state index contributed by atoms with van der Waals surface area (Å²) < 4.78 is 4.88. The molecule has 0 aliphatic heterocycles. The molecule has 0 fully saturated rings. The van der Waals surface area contributed by atoms with Crippen LogP contribution in [0.25, 0.3) is 0 Å². The molecule has 0 saturated heterocycles. The highest BCUT2D eigenvalue weighted by Crippen LogP contribution is 2.18. The van der Waals surface area contributed by atoms with Crippen LogP contribution in [0.4, 0.5) is 5.69 Å². The lowest BCUT2D eigenvalue weighted by molar-refractivity contribution is 0.221. The third-order valence-corrected chi connectivity index (χ3v) is 1.79. The first-order valence-electron chi connectivity index (χ1n) is 4.02. The molecule has 0 aliphatic rings. The van der Waals surface area contributed by atoms with Crippen LogP contribution in [-0.2, 0) is 4.74 Å². The molecule has 0 bridgehead atoms. The third kappa shape index (κ3) is 2.20. The number of ether oxygens (including phenoxy) is 1. The van der Waals surface area contributed by atoms with E-state index in [1.165, 1.54) is 0 Å². The van der Waals surface area contributed by atoms with E-state index in [0.717, 1.165) is 11.3 Å². The molecule has 68 valence electrons. The van der Waals surface area contributed by atoms with Gasteiger partial charge in [0.15, 0.2) is 0 Å². The van der Waals surface area contributed by atoms with E-state index in [0.29, 0.717) is 12.3 Å². The third-order valence-electron chi connectivity index (χ3n) is 1.79. The summed E-state index contributed by atoms with van der Waals surface area (Å²) in [6.07, 6.45) is 0. The summed E-state index contributed by atoms with van der Waals surface area (Å²) in [5.41, 5.74) is 2.56. The number of nitriles is 1. The van der Waals surface area contributed by atoms with Crippen molar-refractivity contribution < 1.29 is 4.74 Å². The molecule has 1 aromatic carbocycles. The molecule has 1 aromatic rings. The van der Waals surface area contributed by atoms with E-state index in [1.807, 2.05) is 19.1 Å². The molecule has 0 radical (unpaired) electrons. The van der Waals surface area contributed by atoms with Crippen LogP contribution in [0.15, 0.2) is 18.2 Å². The molecule has 0 aromatic heterocycles. The topological polar surface area (TPSA) is 45.0 Å². The highest BCUT2D eigenvalue weighted by molar-refractivity contribution is 5.61. The van der Waals surface area contributed by atoms with E-state index in [-0.39, 0.29) is 0 Å². The van der Waals surface area contributed by atoms with Gasteiger partial charge in [0, 0.05) is 7.11 Å². The van der Waals surface area contributed by atoms with E-state index in [2.05, 4.69) is 11.4 Å². The second-order valence-corrected chi connectivity index (χ2v) is 2.72. The smallest absolute Gasteiger partial charge is 0.116 e. The Morgan fingerprint density at radius 3 is 2.92 bits per heavy atom. The Kier molecular flexibility index (Phi) is 3.30. The maximum Gasteiger partial charge on any atom is 0.116 e. The van der Waals surface area contributed by atoms with Gasteiger partial charge in [0.1, 0.15) is 12.8 Å². The molecule has 13 heavy (non-hydrogen) atoms. The fraction of sp³-hybridized carbons (Fsp3) is 0.300. The van der Waals surface area contributed by atoms with Crippen LogP contribution in [0.3, 0.4) is 0 Å². The van der Waals surface area contributed by atoms with Gasteiger partial charge >= 0.3 is 0 Å². The van der Waals surface area contributed by atoms with Crippen molar-refractivity contribution in [1.82, 2.24) is 0 Å². The minimum absolute atomic E-state index is 0.416. The number of aryl methyl sites for hydroxylation is 1. The summed E-state index contributed by atoms with van der Waals surface area (Å²) in [7, 11) is 1.61. The second kappa shape index (κ2) is 4.48. The number of anilines is 1. The summed E-state index contributed by atoms with van der Waals surface area (Å²) >= 11 is 0. The van der Waals surface area contributed by atoms with Crippen LogP contribution in [0.5, 0.6) is 0 Å². The number of methoxy groups -OCH3 is 1. The molecule has 3 nitrogen and oxygen atoms in total. The lowest BCUT2D eigenvalue weighted by Crippen LogP contribution is -2.06. The predicted molar refractivity (Wildman–Crippen MR) is 51.4 cm³/mol. The zero-order valence-electron chi connectivity index (χ0n) is 7.79. The lowest BCUT2D eigenvalue weighted by Gasteiger charge is -2.09. The second-order valence-electron chi connectivity index (χ2n) is 2.72. The number of hydrogen-bond donors (Lipinski definition) is 1. The molecule has 0 amide bonds. The summed E-state index contributed by atoms with van der Waals surface area (Å²) in [4.78, 5) is 0. The predicted octanol–water partition coefficient (Wildman–Crippen LogP) is 1.88. The quantitative estimate of drug-likeness (QED) is 0.715. The Hall–Kier alpha value is -1.53. The van der Waals surface area contributed by atoms with Crippen molar-refractivity contribution in [2.75, 3.05) is 19.2 Å². The van der Waals surface area contributed by atoms with Gasteiger partial charge in [0.25, 0.3) is 0 Å². The summed E-state index contributed by atoms with van der Waals surface area (Å²) in [6.45, 7) is 2.37. The minimum atomic E-state index is 0.416. The fourth-order valence-electron chi connectivity index (χ4n) is 1.14. The molecule has 0 atom stereocenters. The molecular weight excluding hydrogens is 164 g/mol. The van der Waals surface area contributed by atoms with Crippen molar-refractivity contribution >= 4 is 5.69 Å². The molecule has 1 rings (SSSR count). The molecular formula is C10H12N2O. The number of rotatable bonds is 3. The van der Waals surface area contributed by atoms with Gasteiger partial charge in [0.05, 0.1) is 11.3 Å². The fourth-order valence-corrected chi connectivity index (χ4v) is 1.14. The first-order valence-corrected chi connectivity index (χ1v) is 4.02. The van der Waals surface area contributed by atoms with E-state index >= 15 is 0 Å². The van der Waals surface area contributed by atoms with Gasteiger partial charge in [-0.05, 0) is 18.6 Å². The lowest BCUT2D eigenvalue weighted by atomic mass is 10.1. The maximum absolute atomic E-state index is 8.81. The molecule has 1 N–H and O–H groups in total. The Bertz CT molecular complexity index is 328. The van der Waals surface area contributed by atoms with Crippen molar-refractivity contribution in [2.45, 2.75) is 6.92 Å². The van der Waals surface area contributed by atoms with Gasteiger partial charge in [-0.1, -0.05) is 12.1 Å². The van der Waals surface area contributed by atoms with Crippen molar-refractivity contribution in [3.63, 3.8) is 0 Å². The van der Waals surface area contributed by atoms with Gasteiger partial charge in [-0.25, -0.2) is 0 Å². The SMILES string of the molecule is COCNc1c(C)cccc1C#N. The Morgan fingerprint density at radius 2 is 2.31 bits per heavy atom. The van der Waals surface area contributed by atoms with Gasteiger partial charge in [-0.2, -0.15) is 5.26 Å². The molecule has 0 heterocycles. The monoisotopic (exact) mass is 176 g/mol. The van der Waals surface area contributed by atoms with E-state index in [9.17, 15) is 0 Å². The highest BCUT2D eigenvalue weighted by Gasteiger charge is 2.02. The maximum atomic E-state index is 8.81. The Balaban J connectivity index is 2.95. The number of hydrogen-bond acceptors (Lipinski definition) is 3. The first kappa shape index (κ1) is 9.56. The van der Waals surface area contributed by atoms with E-state index in [4.69, 9.17) is 10.00 Å². The summed E-state index contributed by atoms with van der Waals surface area (Å²) in [6, 6.07) is 7.73. The summed E-state index contributed by atoms with van der Waals surface area (Å²) in [5, 5.41) is 11.8. The largest absolute Gasteiger partial charge is 0.365 e. The molecule has 0 aliphatic carbocycles. The molecule has 0 spiro atoms. The van der Waals surface area contributed by atoms with Gasteiger partial charge in [-0.3, -0.25) is 0 Å². The van der Waals surface area contributed by atoms with Gasteiger partial charge in [0.2, 0.25) is 0 Å². The van der Waals surface area contributed by atoms with Crippen LogP contribution in [0.1, 0.15) is 11.1 Å². The van der Waals surface area contributed by atoms with E-state index < -0.39 is 0 Å². The molecule has 0 unspecified atom stereocenters. The highest BCUT2D eigenvalue weighted by atomic mass is 16.5. The average molecular weight is 176 g/mol. The zero-order chi connectivity index (χ0) is 9.68. The number of nitrogens with one attached hydrogen (secondary N) is 1. The van der Waals surface area contributed by atoms with Gasteiger partial charge in [-0.15, -0.1) is 0 Å². The van der Waals surface area contributed by atoms with Crippen molar-refractivity contribution in [3.05, 3.63) is 29.3 Å². The average Bonchev–Trinajstić information content (AvgIpc) is 2.15. The molecule has 3 heteroatoms. The number of benzene rings is 1. The first-order chi connectivity index (χ1) is 6.29. The zero-order valence-corrected chi connectivity index (χ0v) is 7.79. The van der Waals surface area contributed by atoms with Crippen molar-refractivity contribution in [3.8, 4) is 6.07 Å². The standard InChI is InChI=1S/C10H12N2O/c1-8-4-3-5-9(6-11)10(8)12-7-13-2/h3-5,12H,7H2,1-2H3. The van der Waals surface area contributed by atoms with Crippen molar-refractivity contribution in [1.29, 1.82) is 5.26 Å². The Labute approximate surface area is 77.9 Å². The minimum Gasteiger partial charge on any atom is -0.365 e. The molecule has 0 saturated carbocycles. The van der Waals surface area contributed by atoms with E-state index in [1.54, 1.807) is 13.2 Å². The number of nitrogens with zero attached hydrogens (tertiary/aromatic N) is 1. The number of para-hydroxylation sites is 1. The van der Waals surface area contributed by atoms with Crippen molar-refractivity contribution in [2.24, 2.45) is 0 Å². The van der Waals surface area contributed by atoms with Crippen LogP contribution in [0, 0.1) is 18.3 Å².